The van der Waals surface area contributed by atoms with Gasteiger partial charge in [-0.05, 0) is 55.0 Å². The van der Waals surface area contributed by atoms with Gasteiger partial charge in [0.05, 0.1) is 12.3 Å². The van der Waals surface area contributed by atoms with Crippen molar-refractivity contribution in [1.82, 2.24) is 24.7 Å². The Kier molecular flexibility index (Phi) is 6.13. The first kappa shape index (κ1) is 20.8. The van der Waals surface area contributed by atoms with Crippen LogP contribution in [0.2, 0.25) is 0 Å². The van der Waals surface area contributed by atoms with Gasteiger partial charge >= 0.3 is 0 Å². The fourth-order valence-electron chi connectivity index (χ4n) is 3.08. The number of benzene rings is 2. The molecule has 2 aromatic heterocycles. The highest BCUT2D eigenvalue weighted by molar-refractivity contribution is 9.10. The average Bonchev–Trinajstić information content (AvgIpc) is 3.21. The molecular formula is C22H20BrN5O3. The van der Waals surface area contributed by atoms with Crippen LogP contribution < -0.4 is 15.6 Å². The van der Waals surface area contributed by atoms with E-state index in [-0.39, 0.29) is 18.0 Å². The van der Waals surface area contributed by atoms with Gasteiger partial charge in [-0.25, -0.2) is 9.20 Å². The molecule has 2 aromatic carbocycles. The smallest absolute Gasteiger partial charge is 0.293 e. The predicted octanol–water partition coefficient (Wildman–Crippen LogP) is 3.04. The summed E-state index contributed by atoms with van der Waals surface area (Å²) < 4.78 is 8.98. The van der Waals surface area contributed by atoms with E-state index in [1.807, 2.05) is 55.5 Å². The maximum Gasteiger partial charge on any atom is 0.293 e. The summed E-state index contributed by atoms with van der Waals surface area (Å²) in [6, 6.07) is 16.8. The van der Waals surface area contributed by atoms with E-state index in [1.165, 1.54) is 10.8 Å². The van der Waals surface area contributed by atoms with Gasteiger partial charge in [-0.2, -0.15) is 10.2 Å². The zero-order valence-corrected chi connectivity index (χ0v) is 18.4. The number of carbonyl (C=O) groups is 1. The Morgan fingerprint density at radius 3 is 2.58 bits per heavy atom. The van der Waals surface area contributed by atoms with E-state index in [9.17, 15) is 9.59 Å². The Balaban J connectivity index is 1.49. The molecule has 9 heteroatoms. The summed E-state index contributed by atoms with van der Waals surface area (Å²) in [5.74, 6) is 0.473. The summed E-state index contributed by atoms with van der Waals surface area (Å²) >= 11 is 3.38. The highest BCUT2D eigenvalue weighted by Crippen LogP contribution is 2.21. The molecule has 0 bridgehead atoms. The van der Waals surface area contributed by atoms with Crippen LogP contribution in [0.4, 0.5) is 0 Å². The van der Waals surface area contributed by atoms with Crippen LogP contribution in [0.15, 0.2) is 70.2 Å². The minimum Gasteiger partial charge on any atom is -0.494 e. The molecule has 0 atom stereocenters. The van der Waals surface area contributed by atoms with E-state index in [0.717, 1.165) is 26.0 Å². The van der Waals surface area contributed by atoms with Crippen molar-refractivity contribution < 1.29 is 9.53 Å². The molecule has 8 nitrogen and oxygen atoms in total. The second-order valence-electron chi connectivity index (χ2n) is 6.81. The van der Waals surface area contributed by atoms with Crippen molar-refractivity contribution in [2.45, 2.75) is 20.0 Å². The summed E-state index contributed by atoms with van der Waals surface area (Å²) in [4.78, 5) is 25.1. The number of nitrogens with one attached hydrogen (secondary N) is 1. The van der Waals surface area contributed by atoms with E-state index in [1.54, 1.807) is 6.07 Å². The Labute approximate surface area is 186 Å². The maximum absolute atomic E-state index is 12.8. The molecule has 0 radical (unpaired) electrons. The van der Waals surface area contributed by atoms with Crippen LogP contribution in [0.5, 0.6) is 5.75 Å². The van der Waals surface area contributed by atoms with Gasteiger partial charge in [-0.1, -0.05) is 28.1 Å². The first-order valence-corrected chi connectivity index (χ1v) is 10.5. The second kappa shape index (κ2) is 9.13. The number of hydrogen-bond donors (Lipinski definition) is 1. The Morgan fingerprint density at radius 2 is 1.87 bits per heavy atom. The summed E-state index contributed by atoms with van der Waals surface area (Å²) in [7, 11) is 0. The molecule has 0 saturated heterocycles. The van der Waals surface area contributed by atoms with E-state index in [0.29, 0.717) is 24.4 Å². The van der Waals surface area contributed by atoms with E-state index in [2.05, 4.69) is 31.4 Å². The normalized spacial score (nSPS) is 10.9. The zero-order valence-electron chi connectivity index (χ0n) is 16.8. The van der Waals surface area contributed by atoms with Gasteiger partial charge in [0.15, 0.2) is 0 Å². The van der Waals surface area contributed by atoms with Gasteiger partial charge in [0.1, 0.15) is 24.1 Å². The largest absolute Gasteiger partial charge is 0.494 e. The number of aromatic nitrogens is 4. The molecule has 2 heterocycles. The molecule has 0 saturated carbocycles. The van der Waals surface area contributed by atoms with Gasteiger partial charge in [0.25, 0.3) is 5.56 Å². The summed E-state index contributed by atoms with van der Waals surface area (Å²) in [6.45, 7) is 2.72. The predicted molar refractivity (Wildman–Crippen MR) is 120 cm³/mol. The molecule has 158 valence electrons. The van der Waals surface area contributed by atoms with Crippen LogP contribution in [0.25, 0.3) is 16.8 Å². The second-order valence-corrected chi connectivity index (χ2v) is 7.73. The molecular weight excluding hydrogens is 462 g/mol. The lowest BCUT2D eigenvalue weighted by Crippen LogP contribution is -2.34. The molecule has 1 N–H and O–H groups in total. The number of halogens is 1. The van der Waals surface area contributed by atoms with Crippen LogP contribution in [0.3, 0.4) is 0 Å². The minimum atomic E-state index is -0.383. The van der Waals surface area contributed by atoms with Crippen LogP contribution in [0, 0.1) is 0 Å². The van der Waals surface area contributed by atoms with Gasteiger partial charge in [-0.15, -0.1) is 0 Å². The van der Waals surface area contributed by atoms with Gasteiger partial charge < -0.3 is 10.1 Å². The molecule has 31 heavy (non-hydrogen) atoms. The SMILES string of the molecule is CCOc1ccc(-c2cc3c(=O)n(CC(=O)NCc4ccc(Br)cc4)ncn3n2)cc1. The fourth-order valence-corrected chi connectivity index (χ4v) is 3.34. The minimum absolute atomic E-state index is 0.171. The third-order valence-corrected chi connectivity index (χ3v) is 5.18. The molecule has 0 aliphatic rings. The van der Waals surface area contributed by atoms with Crippen LogP contribution in [-0.2, 0) is 17.9 Å². The number of hydrogen-bond acceptors (Lipinski definition) is 5. The lowest BCUT2D eigenvalue weighted by Gasteiger charge is -2.07. The number of ether oxygens (including phenoxy) is 1. The lowest BCUT2D eigenvalue weighted by atomic mass is 10.1. The van der Waals surface area contributed by atoms with Crippen molar-refractivity contribution in [1.29, 1.82) is 0 Å². The number of fused-ring (bicyclic) bond motifs is 1. The van der Waals surface area contributed by atoms with E-state index < -0.39 is 0 Å². The van der Waals surface area contributed by atoms with Crippen LogP contribution >= 0.6 is 15.9 Å². The number of amides is 1. The lowest BCUT2D eigenvalue weighted by molar-refractivity contribution is -0.122. The van der Waals surface area contributed by atoms with Crippen molar-refractivity contribution in [2.75, 3.05) is 6.61 Å². The molecule has 0 aliphatic heterocycles. The molecule has 4 rings (SSSR count). The van der Waals surface area contributed by atoms with Gasteiger partial charge in [0.2, 0.25) is 5.91 Å². The van der Waals surface area contributed by atoms with Crippen LogP contribution in [-0.4, -0.2) is 31.9 Å². The maximum atomic E-state index is 12.8. The molecule has 0 spiro atoms. The number of carbonyl (C=O) groups excluding carboxylic acids is 1. The van der Waals surface area contributed by atoms with Crippen molar-refractivity contribution >= 4 is 27.4 Å². The average molecular weight is 482 g/mol. The first-order chi connectivity index (χ1) is 15.0. The summed E-state index contributed by atoms with van der Waals surface area (Å²) in [5.41, 5.74) is 2.42. The van der Waals surface area contributed by atoms with Crippen molar-refractivity contribution in [3.63, 3.8) is 0 Å². The monoisotopic (exact) mass is 481 g/mol. The Bertz CT molecular complexity index is 1260. The van der Waals surface area contributed by atoms with Gasteiger partial charge in [-0.3, -0.25) is 9.59 Å². The molecule has 0 fully saturated rings. The fraction of sp³-hybridized carbons (Fsp3) is 0.182. The third-order valence-electron chi connectivity index (χ3n) is 4.65. The molecule has 0 aliphatic carbocycles. The molecule has 4 aromatic rings. The Hall–Kier alpha value is -3.46. The number of nitrogens with zero attached hydrogens (tertiary/aromatic N) is 4. The molecule has 1 amide bonds. The third kappa shape index (κ3) is 4.83. The summed E-state index contributed by atoms with van der Waals surface area (Å²) in [5, 5.41) is 11.3. The highest BCUT2D eigenvalue weighted by atomic mass is 79.9. The zero-order chi connectivity index (χ0) is 21.8. The highest BCUT2D eigenvalue weighted by Gasteiger charge is 2.12. The Morgan fingerprint density at radius 1 is 1.13 bits per heavy atom. The van der Waals surface area contributed by atoms with Crippen molar-refractivity contribution in [3.8, 4) is 17.0 Å². The topological polar surface area (TPSA) is 90.5 Å². The number of rotatable bonds is 7. The van der Waals surface area contributed by atoms with E-state index in [4.69, 9.17) is 4.74 Å². The summed E-state index contributed by atoms with van der Waals surface area (Å²) in [6.07, 6.45) is 1.43. The van der Waals surface area contributed by atoms with Gasteiger partial charge in [0, 0.05) is 16.6 Å². The quantitative estimate of drug-likeness (QED) is 0.438. The van der Waals surface area contributed by atoms with Crippen LogP contribution in [0.1, 0.15) is 12.5 Å². The molecule has 0 unspecified atom stereocenters. The van der Waals surface area contributed by atoms with E-state index >= 15 is 0 Å². The van der Waals surface area contributed by atoms with Crippen molar-refractivity contribution in [2.24, 2.45) is 0 Å². The van der Waals surface area contributed by atoms with Crippen molar-refractivity contribution in [3.05, 3.63) is 81.3 Å². The first-order valence-electron chi connectivity index (χ1n) is 9.73. The standard InChI is InChI=1S/C22H20BrN5O3/c1-2-31-18-9-5-16(6-10-18)19-11-20-22(30)27(25-14-28(20)26-19)13-21(29)24-12-15-3-7-17(23)8-4-15/h3-11,14H,2,12-13H2,1H3,(H,24,29).